The van der Waals surface area contributed by atoms with Gasteiger partial charge in [0.15, 0.2) is 0 Å². The van der Waals surface area contributed by atoms with Crippen molar-refractivity contribution in [3.63, 3.8) is 0 Å². The predicted octanol–water partition coefficient (Wildman–Crippen LogP) is 10.2. The van der Waals surface area contributed by atoms with Crippen LogP contribution in [0.3, 0.4) is 0 Å². The second-order valence-electron chi connectivity index (χ2n) is 9.57. The van der Waals surface area contributed by atoms with Gasteiger partial charge in [0, 0.05) is 31.3 Å². The number of aromatic nitrogens is 1. The van der Waals surface area contributed by atoms with Crippen LogP contribution in [0.4, 0.5) is 0 Å². The van der Waals surface area contributed by atoms with E-state index in [4.69, 9.17) is 4.98 Å². The molecular formula is C35H21NS. The molecule has 0 atom stereocenters. The van der Waals surface area contributed by atoms with E-state index in [9.17, 15) is 0 Å². The molecule has 0 saturated heterocycles. The summed E-state index contributed by atoms with van der Waals surface area (Å²) >= 11 is 1.87. The summed E-state index contributed by atoms with van der Waals surface area (Å²) in [6.07, 6.45) is 0. The van der Waals surface area contributed by atoms with Crippen molar-refractivity contribution in [2.24, 2.45) is 0 Å². The third kappa shape index (κ3) is 3.20. The van der Waals surface area contributed by atoms with E-state index in [1.807, 2.05) is 17.4 Å². The Morgan fingerprint density at radius 1 is 0.351 bits per heavy atom. The maximum Gasteiger partial charge on any atom is 0.0709 e. The van der Waals surface area contributed by atoms with Crippen molar-refractivity contribution in [3.05, 3.63) is 127 Å². The first kappa shape index (κ1) is 20.6. The molecule has 0 bridgehead atoms. The average molecular weight is 488 g/mol. The zero-order valence-electron chi connectivity index (χ0n) is 20.0. The summed E-state index contributed by atoms with van der Waals surface area (Å²) in [7, 11) is 0. The van der Waals surface area contributed by atoms with Crippen molar-refractivity contribution in [1.82, 2.24) is 4.98 Å². The summed E-state index contributed by atoms with van der Waals surface area (Å²) in [5, 5.41) is 10.5. The molecule has 2 heterocycles. The highest BCUT2D eigenvalue weighted by atomic mass is 32.1. The largest absolute Gasteiger partial charge is 0.248 e. The average Bonchev–Trinajstić information content (AvgIpc) is 3.34. The molecule has 0 aliphatic heterocycles. The minimum Gasteiger partial charge on any atom is -0.248 e. The van der Waals surface area contributed by atoms with Gasteiger partial charge >= 0.3 is 0 Å². The Morgan fingerprint density at radius 2 is 0.919 bits per heavy atom. The van der Waals surface area contributed by atoms with E-state index < -0.39 is 0 Å². The molecule has 2 heteroatoms. The maximum absolute atomic E-state index is 5.01. The molecule has 0 N–H and O–H groups in total. The lowest BCUT2D eigenvalue weighted by molar-refractivity contribution is 1.33. The third-order valence-corrected chi connectivity index (χ3v) is 8.58. The van der Waals surface area contributed by atoms with Crippen LogP contribution in [-0.2, 0) is 0 Å². The minimum atomic E-state index is 0.998. The van der Waals surface area contributed by atoms with Crippen LogP contribution in [0.2, 0.25) is 0 Å². The zero-order valence-corrected chi connectivity index (χ0v) is 20.8. The van der Waals surface area contributed by atoms with E-state index in [0.29, 0.717) is 0 Å². The molecule has 0 aliphatic carbocycles. The smallest absolute Gasteiger partial charge is 0.0709 e. The molecule has 172 valence electrons. The fourth-order valence-electron chi connectivity index (χ4n) is 5.70. The van der Waals surface area contributed by atoms with Gasteiger partial charge in [-0.1, -0.05) is 91.0 Å². The van der Waals surface area contributed by atoms with Gasteiger partial charge in [0.25, 0.3) is 0 Å². The maximum atomic E-state index is 5.01. The summed E-state index contributed by atoms with van der Waals surface area (Å²) in [4.78, 5) is 5.01. The molecule has 0 amide bonds. The Balaban J connectivity index is 1.39. The predicted molar refractivity (Wildman–Crippen MR) is 161 cm³/mol. The number of rotatable bonds is 2. The van der Waals surface area contributed by atoms with Crippen molar-refractivity contribution in [1.29, 1.82) is 0 Å². The van der Waals surface area contributed by atoms with Gasteiger partial charge in [-0.15, -0.1) is 11.3 Å². The van der Waals surface area contributed by atoms with Crippen LogP contribution in [0.25, 0.3) is 75.0 Å². The van der Waals surface area contributed by atoms with Crippen molar-refractivity contribution in [2.75, 3.05) is 0 Å². The van der Waals surface area contributed by atoms with Gasteiger partial charge in [0.05, 0.1) is 11.4 Å². The topological polar surface area (TPSA) is 12.9 Å². The van der Waals surface area contributed by atoms with Crippen molar-refractivity contribution in [3.8, 4) is 22.5 Å². The first-order valence-electron chi connectivity index (χ1n) is 12.6. The minimum absolute atomic E-state index is 0.998. The Labute approximate surface area is 218 Å². The number of hydrogen-bond acceptors (Lipinski definition) is 2. The molecule has 8 rings (SSSR count). The van der Waals surface area contributed by atoms with E-state index in [1.165, 1.54) is 52.5 Å². The van der Waals surface area contributed by atoms with Crippen LogP contribution in [0.5, 0.6) is 0 Å². The lowest BCUT2D eigenvalue weighted by Crippen LogP contribution is -1.87. The van der Waals surface area contributed by atoms with Crippen LogP contribution in [-0.4, -0.2) is 4.98 Å². The van der Waals surface area contributed by atoms with E-state index in [0.717, 1.165) is 22.5 Å². The lowest BCUT2D eigenvalue weighted by atomic mass is 9.93. The van der Waals surface area contributed by atoms with Gasteiger partial charge < -0.3 is 0 Å². The molecule has 6 aromatic carbocycles. The van der Waals surface area contributed by atoms with Gasteiger partial charge in [-0.05, 0) is 68.7 Å². The molecule has 37 heavy (non-hydrogen) atoms. The third-order valence-electron chi connectivity index (χ3n) is 7.45. The fourth-order valence-corrected chi connectivity index (χ4v) is 6.81. The Bertz CT molecular complexity index is 2140. The van der Waals surface area contributed by atoms with Gasteiger partial charge in [-0.2, -0.15) is 0 Å². The molecule has 0 unspecified atom stereocenters. The van der Waals surface area contributed by atoms with Crippen LogP contribution in [0.1, 0.15) is 0 Å². The summed E-state index contributed by atoms with van der Waals surface area (Å²) in [6.45, 7) is 0. The highest BCUT2D eigenvalue weighted by molar-refractivity contribution is 7.25. The van der Waals surface area contributed by atoms with E-state index >= 15 is 0 Å². The molecule has 0 radical (unpaired) electrons. The first-order chi connectivity index (χ1) is 18.3. The summed E-state index contributed by atoms with van der Waals surface area (Å²) in [6, 6.07) is 45.9. The highest BCUT2D eigenvalue weighted by Crippen LogP contribution is 2.42. The molecular weight excluding hydrogens is 466 g/mol. The molecule has 0 fully saturated rings. The molecule has 0 saturated carbocycles. The lowest BCUT2D eigenvalue weighted by Gasteiger charge is -2.10. The van der Waals surface area contributed by atoms with Gasteiger partial charge in [-0.3, -0.25) is 0 Å². The number of benzene rings is 6. The van der Waals surface area contributed by atoms with Gasteiger partial charge in [-0.25, -0.2) is 4.98 Å². The number of fused-ring (bicyclic) bond motifs is 9. The number of hydrogen-bond donors (Lipinski definition) is 0. The van der Waals surface area contributed by atoms with Crippen LogP contribution in [0, 0.1) is 0 Å². The Kier molecular flexibility index (Phi) is 4.46. The normalized spacial score (nSPS) is 11.8. The summed E-state index contributed by atoms with van der Waals surface area (Å²) < 4.78 is 2.63. The summed E-state index contributed by atoms with van der Waals surface area (Å²) in [5.74, 6) is 0. The Morgan fingerprint density at radius 3 is 1.62 bits per heavy atom. The number of pyridine rings is 1. The second-order valence-corrected chi connectivity index (χ2v) is 10.7. The van der Waals surface area contributed by atoms with Crippen LogP contribution >= 0.6 is 11.3 Å². The van der Waals surface area contributed by atoms with E-state index in [2.05, 4.69) is 121 Å². The number of thiophene rings is 1. The van der Waals surface area contributed by atoms with Gasteiger partial charge in [0.2, 0.25) is 0 Å². The quantitative estimate of drug-likeness (QED) is 0.221. The molecule has 8 aromatic rings. The highest BCUT2D eigenvalue weighted by Gasteiger charge is 2.13. The standard InChI is InChI=1S/C35H21NS/c1-2-9-22(10-3-1)32-15-8-16-33(36-32)23-17-18-34-30(19-23)31-20-28-26-13-6-4-11-24(26)25-12-5-7-14-27(25)29(28)21-35(31)37-34/h1-21H. The molecule has 1 nitrogen and oxygen atoms in total. The SMILES string of the molecule is c1ccc(-c2cccc(-c3ccc4sc5cc6c7ccccc7c7ccccc7c6cc5c4c3)n2)cc1. The monoisotopic (exact) mass is 487 g/mol. The first-order valence-corrected chi connectivity index (χ1v) is 13.4. The van der Waals surface area contributed by atoms with Crippen molar-refractivity contribution in [2.45, 2.75) is 0 Å². The van der Waals surface area contributed by atoms with Crippen LogP contribution in [0.15, 0.2) is 127 Å². The van der Waals surface area contributed by atoms with Crippen molar-refractivity contribution >= 4 is 63.8 Å². The molecule has 2 aromatic heterocycles. The second kappa shape index (κ2) is 7.99. The summed E-state index contributed by atoms with van der Waals surface area (Å²) in [5.41, 5.74) is 4.28. The van der Waals surface area contributed by atoms with Gasteiger partial charge in [0.1, 0.15) is 0 Å². The fraction of sp³-hybridized carbons (Fsp3) is 0. The zero-order chi connectivity index (χ0) is 24.3. The Hall–Kier alpha value is -4.53. The van der Waals surface area contributed by atoms with E-state index in [-0.39, 0.29) is 0 Å². The molecule has 0 aliphatic rings. The number of nitrogens with zero attached hydrogens (tertiary/aromatic N) is 1. The molecule has 0 spiro atoms. The van der Waals surface area contributed by atoms with E-state index in [1.54, 1.807) is 0 Å². The van der Waals surface area contributed by atoms with Crippen molar-refractivity contribution < 1.29 is 0 Å². The van der Waals surface area contributed by atoms with Crippen LogP contribution < -0.4 is 0 Å².